The summed E-state index contributed by atoms with van der Waals surface area (Å²) in [6, 6.07) is 9.11. The van der Waals surface area contributed by atoms with Crippen molar-refractivity contribution in [3.8, 4) is 5.75 Å². The van der Waals surface area contributed by atoms with Gasteiger partial charge in [-0.3, -0.25) is 0 Å². The van der Waals surface area contributed by atoms with Crippen LogP contribution in [0.25, 0.3) is 0 Å². The summed E-state index contributed by atoms with van der Waals surface area (Å²) in [5.41, 5.74) is 2.24. The van der Waals surface area contributed by atoms with Crippen LogP contribution < -0.4 is 4.74 Å². The fraction of sp³-hybridized carbons (Fsp3) is 0.814. The maximum Gasteiger partial charge on any atom is 0.192 e. The van der Waals surface area contributed by atoms with Gasteiger partial charge in [0.25, 0.3) is 0 Å². The molecule has 1 heterocycles. The number of hydrogen-bond donors (Lipinski definition) is 0. The van der Waals surface area contributed by atoms with Gasteiger partial charge in [-0.1, -0.05) is 93.2 Å². The minimum Gasteiger partial charge on any atom is -0.497 e. The molecule has 1 aromatic carbocycles. The van der Waals surface area contributed by atoms with Crippen molar-refractivity contribution in [3.05, 3.63) is 41.5 Å². The fourth-order valence-electron chi connectivity index (χ4n) is 5.99. The maximum absolute atomic E-state index is 7.30. The normalized spacial score (nSPS) is 21.4. The van der Waals surface area contributed by atoms with E-state index in [1.54, 1.807) is 7.11 Å². The molecule has 54 heavy (non-hydrogen) atoms. The minimum absolute atomic E-state index is 0.00553. The molecule has 0 unspecified atom stereocenters. The van der Waals surface area contributed by atoms with Gasteiger partial charge in [-0.05, 0) is 92.3 Å². The quantitative estimate of drug-likeness (QED) is 0.0526. The molecule has 0 aromatic heterocycles. The molecule has 1 saturated heterocycles. The Morgan fingerprint density at radius 3 is 2.02 bits per heavy atom. The van der Waals surface area contributed by atoms with Crippen molar-refractivity contribution < 1.29 is 37.3 Å². The number of rotatable bonds is 21. The van der Waals surface area contributed by atoms with Crippen molar-refractivity contribution in [1.29, 1.82) is 0 Å². The third-order valence-corrected chi connectivity index (χ3v) is 22.5. The largest absolute Gasteiger partial charge is 0.497 e. The Kier molecular flexibility index (Phi) is 18.4. The average Bonchev–Trinajstić information content (AvgIpc) is 3.03. The predicted molar refractivity (Wildman–Crippen MR) is 232 cm³/mol. The van der Waals surface area contributed by atoms with Crippen LogP contribution in [0, 0.1) is 17.8 Å². The molecule has 0 radical (unpaired) electrons. The van der Waals surface area contributed by atoms with E-state index in [0.717, 1.165) is 22.9 Å². The van der Waals surface area contributed by atoms with E-state index in [1.165, 1.54) is 0 Å². The molecule has 1 aromatic rings. The van der Waals surface area contributed by atoms with E-state index in [-0.39, 0.29) is 52.9 Å². The smallest absolute Gasteiger partial charge is 0.192 e. The van der Waals surface area contributed by atoms with E-state index in [0.29, 0.717) is 33.0 Å². The molecule has 6 atom stereocenters. The van der Waals surface area contributed by atoms with Crippen LogP contribution in [0.1, 0.15) is 81.7 Å². The Morgan fingerprint density at radius 2 is 1.48 bits per heavy atom. The van der Waals surface area contributed by atoms with Crippen LogP contribution in [0.4, 0.5) is 0 Å². The highest BCUT2D eigenvalue weighted by Gasteiger charge is 2.49. The molecule has 0 spiro atoms. The van der Waals surface area contributed by atoms with Gasteiger partial charge in [-0.15, -0.1) is 0 Å². The monoisotopic (exact) mass is 811 g/mol. The fourth-order valence-corrected chi connectivity index (χ4v) is 9.16. The molecule has 1 aliphatic rings. The van der Waals surface area contributed by atoms with E-state index < -0.39 is 30.5 Å². The molecule has 314 valence electrons. The molecule has 2 rings (SSSR count). The van der Waals surface area contributed by atoms with Crippen molar-refractivity contribution in [3.63, 3.8) is 0 Å². The first kappa shape index (κ1) is 49.3. The minimum atomic E-state index is -2.18. The first-order chi connectivity index (χ1) is 24.6. The van der Waals surface area contributed by atoms with Gasteiger partial charge in [-0.25, -0.2) is 0 Å². The Morgan fingerprint density at radius 1 is 0.889 bits per heavy atom. The molecule has 8 nitrogen and oxygen atoms in total. The van der Waals surface area contributed by atoms with Gasteiger partial charge >= 0.3 is 0 Å². The lowest BCUT2D eigenvalue weighted by atomic mass is 9.81. The highest BCUT2D eigenvalue weighted by atomic mass is 28.4. The topological polar surface area (TPSA) is 73.8 Å². The number of ether oxygens (including phenoxy) is 6. The van der Waals surface area contributed by atoms with Crippen LogP contribution in [0.15, 0.2) is 35.9 Å². The third kappa shape index (κ3) is 15.8. The second-order valence-electron chi connectivity index (χ2n) is 20.5. The summed E-state index contributed by atoms with van der Waals surface area (Å²) in [5.74, 6) is 0.140. The van der Waals surface area contributed by atoms with Gasteiger partial charge in [0.1, 0.15) is 12.5 Å². The lowest BCUT2D eigenvalue weighted by Gasteiger charge is -2.49. The Bertz CT molecular complexity index is 1280. The molecular formula is C43H82O8Si3. The SMILES string of the molecule is COc1ccc(COC[C@H](C)/C=C(\C)[C@@H](OCOCC[Si](C)(C)C)[C@H]2COC(C)(C)O[C@H]2[C@H](C)[C@H](CO[Si](C)(C)C(C)(C)C)O[Si](C)(C)C(C)(C)C)cc1. The van der Waals surface area contributed by atoms with Crippen LogP contribution >= 0.6 is 0 Å². The first-order valence-corrected chi connectivity index (χ1v) is 29.8. The van der Waals surface area contributed by atoms with Crippen molar-refractivity contribution in [1.82, 2.24) is 0 Å². The van der Waals surface area contributed by atoms with Gasteiger partial charge in [0.15, 0.2) is 22.4 Å². The van der Waals surface area contributed by atoms with Gasteiger partial charge < -0.3 is 37.3 Å². The highest BCUT2D eigenvalue weighted by molar-refractivity contribution is 6.76. The summed E-state index contributed by atoms with van der Waals surface area (Å²) in [5, 5.41) is 0.129. The van der Waals surface area contributed by atoms with Crippen molar-refractivity contribution in [2.24, 2.45) is 17.8 Å². The van der Waals surface area contributed by atoms with Gasteiger partial charge in [0.2, 0.25) is 0 Å². The van der Waals surface area contributed by atoms with Gasteiger partial charge in [-0.2, -0.15) is 0 Å². The lowest BCUT2D eigenvalue weighted by Crippen LogP contribution is -2.57. The summed E-state index contributed by atoms with van der Waals surface area (Å²) < 4.78 is 52.0. The molecule has 0 aliphatic carbocycles. The zero-order chi connectivity index (χ0) is 41.3. The van der Waals surface area contributed by atoms with Crippen molar-refractivity contribution >= 4 is 24.7 Å². The standard InChI is InChI=1S/C43H82O8Si3/c1-32(27-46-28-35-20-22-36(44-12)23-21-35)26-33(2)39(47-31-45-24-25-52(13,14)15)37-29-48-43(10,11)50-40(37)34(3)38(51-54(18,19)42(7,8)9)30-49-53(16,17)41(4,5)6/h20-23,26,32,34,37-40H,24-25,27-31H2,1-19H3/b33-26+/t32-,34-,37-,38+,39-,40+/m1/s1. The van der Waals surface area contributed by atoms with Crippen molar-refractivity contribution in [2.75, 3.05) is 40.3 Å². The maximum atomic E-state index is 7.30. The lowest BCUT2D eigenvalue weighted by molar-refractivity contribution is -0.317. The van der Waals surface area contributed by atoms with Crippen LogP contribution in [0.2, 0.25) is 61.9 Å². The first-order valence-electron chi connectivity index (χ1n) is 20.3. The number of methoxy groups -OCH3 is 1. The van der Waals surface area contributed by atoms with Crippen LogP contribution in [-0.2, 0) is 39.1 Å². The molecule has 0 bridgehead atoms. The zero-order valence-corrected chi connectivity index (χ0v) is 41.1. The Labute approximate surface area is 335 Å². The van der Waals surface area contributed by atoms with E-state index >= 15 is 0 Å². The van der Waals surface area contributed by atoms with Crippen molar-refractivity contribution in [2.45, 2.75) is 169 Å². The summed E-state index contributed by atoms with van der Waals surface area (Å²) >= 11 is 0. The number of hydrogen-bond acceptors (Lipinski definition) is 8. The summed E-state index contributed by atoms with van der Waals surface area (Å²) in [6.45, 7) is 43.9. The summed E-state index contributed by atoms with van der Waals surface area (Å²) in [4.78, 5) is 0. The predicted octanol–water partition coefficient (Wildman–Crippen LogP) is 11.3. The molecule has 11 heteroatoms. The van der Waals surface area contributed by atoms with Gasteiger partial charge in [0.05, 0.1) is 51.8 Å². The third-order valence-electron chi connectivity index (χ3n) is 11.8. The molecule has 0 saturated carbocycles. The van der Waals surface area contributed by atoms with E-state index in [9.17, 15) is 0 Å². The molecule has 1 fully saturated rings. The summed E-state index contributed by atoms with van der Waals surface area (Å²) in [7, 11) is -3.81. The Balaban J connectivity index is 2.46. The Hall–Kier alpha value is -0.869. The van der Waals surface area contributed by atoms with E-state index in [4.69, 9.17) is 37.3 Å². The second kappa shape index (κ2) is 20.2. The molecule has 0 N–H and O–H groups in total. The van der Waals surface area contributed by atoms with Crippen LogP contribution in [0.3, 0.4) is 0 Å². The molecule has 1 aliphatic heterocycles. The second-order valence-corrected chi connectivity index (χ2v) is 35.7. The van der Waals surface area contributed by atoms with E-state index in [1.807, 2.05) is 38.1 Å². The van der Waals surface area contributed by atoms with Crippen LogP contribution in [0.5, 0.6) is 5.75 Å². The average molecular weight is 811 g/mol. The zero-order valence-electron chi connectivity index (χ0n) is 38.1. The molecule has 0 amide bonds. The number of benzene rings is 1. The summed E-state index contributed by atoms with van der Waals surface area (Å²) in [6.07, 6.45) is 1.61. The molecular weight excluding hydrogens is 729 g/mol. The highest BCUT2D eigenvalue weighted by Crippen LogP contribution is 2.43. The van der Waals surface area contributed by atoms with Crippen LogP contribution in [-0.4, -0.2) is 89.1 Å². The van der Waals surface area contributed by atoms with Gasteiger partial charge in [0, 0.05) is 26.5 Å². The van der Waals surface area contributed by atoms with E-state index in [2.05, 4.69) is 114 Å².